The summed E-state index contributed by atoms with van der Waals surface area (Å²) in [7, 11) is 0. The minimum absolute atomic E-state index is 0.182. The predicted molar refractivity (Wildman–Crippen MR) is 168 cm³/mol. The van der Waals surface area contributed by atoms with E-state index in [9.17, 15) is 14.4 Å². The molecule has 1 fully saturated rings. The molecule has 220 valence electrons. The smallest absolute Gasteiger partial charge is 0.262 e. The number of halogens is 1. The Morgan fingerprint density at radius 3 is 2.58 bits per heavy atom. The first-order valence-electron chi connectivity index (χ1n) is 13.8. The van der Waals surface area contributed by atoms with Gasteiger partial charge in [-0.25, -0.2) is 0 Å². The molecule has 3 atom stereocenters. The van der Waals surface area contributed by atoms with Crippen molar-refractivity contribution >= 4 is 56.3 Å². The number of piperidine rings is 1. The van der Waals surface area contributed by atoms with Gasteiger partial charge < -0.3 is 32.2 Å². The van der Waals surface area contributed by atoms with Gasteiger partial charge >= 0.3 is 0 Å². The van der Waals surface area contributed by atoms with Crippen molar-refractivity contribution in [2.45, 2.75) is 30.5 Å². The lowest BCUT2D eigenvalue weighted by molar-refractivity contribution is -0.127. The highest BCUT2D eigenvalue weighted by Crippen LogP contribution is 2.50. The zero-order chi connectivity index (χ0) is 30.5. The molecule has 2 aliphatic rings. The molecule has 0 radical (unpaired) electrons. The summed E-state index contributed by atoms with van der Waals surface area (Å²) in [5, 5.41) is 3.85. The van der Waals surface area contributed by atoms with E-state index in [-0.39, 0.29) is 22.9 Å². The fourth-order valence-corrected chi connectivity index (χ4v) is 7.53. The molecular weight excluding hydrogens is 586 g/mol. The molecule has 4 aromatic rings. The number of ether oxygens (including phenoxy) is 1. The van der Waals surface area contributed by atoms with Gasteiger partial charge in [-0.05, 0) is 54.8 Å². The van der Waals surface area contributed by atoms with E-state index in [1.54, 1.807) is 35.2 Å². The van der Waals surface area contributed by atoms with Crippen LogP contribution in [0.5, 0.6) is 11.5 Å². The molecule has 0 saturated carbocycles. The number of nitrogens with one attached hydrogen (secondary N) is 1. The van der Waals surface area contributed by atoms with Gasteiger partial charge in [-0.2, -0.15) is 0 Å². The monoisotopic (exact) mass is 615 g/mol. The first-order chi connectivity index (χ1) is 20.6. The molecule has 6 rings (SSSR count). The summed E-state index contributed by atoms with van der Waals surface area (Å²) in [6.45, 7) is 4.52. The molecular formula is C32H30ClN5O4S. The van der Waals surface area contributed by atoms with Crippen molar-refractivity contribution < 1.29 is 19.1 Å². The van der Waals surface area contributed by atoms with Gasteiger partial charge in [0.1, 0.15) is 17.0 Å². The number of rotatable bonds is 6. The molecule has 7 N–H and O–H groups in total. The number of thiophene rings is 1. The fraction of sp³-hybridized carbons (Fsp3) is 0.219. The molecule has 0 spiro atoms. The van der Waals surface area contributed by atoms with E-state index in [2.05, 4.69) is 11.9 Å². The van der Waals surface area contributed by atoms with Crippen LogP contribution in [0.1, 0.15) is 45.2 Å². The number of anilines is 1. The van der Waals surface area contributed by atoms with Crippen LogP contribution in [-0.2, 0) is 15.1 Å². The molecule has 2 amide bonds. The Bertz CT molecular complexity index is 1790. The molecule has 1 aliphatic heterocycles. The largest absolute Gasteiger partial charge is 0.457 e. The lowest BCUT2D eigenvalue weighted by Gasteiger charge is -2.37. The summed E-state index contributed by atoms with van der Waals surface area (Å²) in [6.07, 6.45) is 2.72. The third-order valence-corrected chi connectivity index (χ3v) is 9.67. The summed E-state index contributed by atoms with van der Waals surface area (Å²) < 4.78 is 6.52. The SMILES string of the molecule is C=CC(=O)N1CCCC(NC(=O)c2sc3c(N)ccc4c3c2C(N)C(=O)C4(N)c2ccc(Oc3ccccc3)cc2Cl)C1. The first kappa shape index (κ1) is 28.9. The van der Waals surface area contributed by atoms with Gasteiger partial charge in [0.15, 0.2) is 5.78 Å². The standard InChI is InChI=1S/C32H30ClN5O4S/c1-2-24(39)38-14-6-7-17(16-38)37-31(41)29-26-25-21(12-13-23(34)28(25)43-29)32(36,30(40)27(26)35)20-11-10-19(15-22(20)33)42-18-8-4-3-5-9-18/h2-5,8-13,15,17,27H,1,6-7,14,16,34-36H2,(H,37,41). The van der Waals surface area contributed by atoms with Crippen molar-refractivity contribution in [2.75, 3.05) is 18.8 Å². The van der Waals surface area contributed by atoms with Gasteiger partial charge in [0.25, 0.3) is 5.91 Å². The van der Waals surface area contributed by atoms with Gasteiger partial charge in [-0.15, -0.1) is 11.3 Å². The van der Waals surface area contributed by atoms with E-state index < -0.39 is 17.4 Å². The van der Waals surface area contributed by atoms with Crippen molar-refractivity contribution in [3.63, 3.8) is 0 Å². The number of para-hydroxylation sites is 1. The minimum atomic E-state index is -1.70. The first-order valence-corrected chi connectivity index (χ1v) is 15.0. The predicted octanol–water partition coefficient (Wildman–Crippen LogP) is 4.62. The molecule has 0 bridgehead atoms. The lowest BCUT2D eigenvalue weighted by Crippen LogP contribution is -2.53. The van der Waals surface area contributed by atoms with E-state index in [4.69, 9.17) is 33.5 Å². The number of Topliss-reactive ketones (excluding diaryl/α,β-unsaturated/α-hetero) is 1. The van der Waals surface area contributed by atoms with Crippen molar-refractivity contribution in [1.82, 2.24) is 10.2 Å². The fourth-order valence-electron chi connectivity index (χ4n) is 6.01. The number of nitrogens with zero attached hydrogens (tertiary/aromatic N) is 1. The number of ketones is 1. The Kier molecular flexibility index (Phi) is 7.47. The number of nitrogens with two attached hydrogens (primary N) is 3. The normalized spacial score (nSPS) is 21.5. The van der Waals surface area contributed by atoms with Crippen molar-refractivity contribution in [3.8, 4) is 11.5 Å². The van der Waals surface area contributed by atoms with Crippen LogP contribution in [0.25, 0.3) is 10.1 Å². The number of carbonyl (C=O) groups excluding carboxylic acids is 3. The number of nitrogen functional groups attached to an aromatic ring is 1. The third kappa shape index (κ3) is 4.86. The van der Waals surface area contributed by atoms with Crippen LogP contribution in [0, 0.1) is 0 Å². The number of hydrogen-bond donors (Lipinski definition) is 4. The molecule has 2 heterocycles. The Morgan fingerprint density at radius 1 is 1.12 bits per heavy atom. The zero-order valence-corrected chi connectivity index (χ0v) is 24.7. The average molecular weight is 616 g/mol. The maximum absolute atomic E-state index is 14.1. The van der Waals surface area contributed by atoms with Crippen LogP contribution in [-0.4, -0.2) is 41.6 Å². The van der Waals surface area contributed by atoms with E-state index in [1.807, 2.05) is 30.3 Å². The van der Waals surface area contributed by atoms with Crippen LogP contribution >= 0.6 is 22.9 Å². The van der Waals surface area contributed by atoms with Gasteiger partial charge in [-0.1, -0.05) is 48.5 Å². The number of likely N-dealkylation sites (tertiary alicyclic amines) is 1. The molecule has 1 aliphatic carbocycles. The average Bonchev–Trinajstić information content (AvgIpc) is 3.42. The van der Waals surface area contributed by atoms with Gasteiger partial charge in [-0.3, -0.25) is 14.4 Å². The van der Waals surface area contributed by atoms with E-state index in [0.717, 1.165) is 6.42 Å². The van der Waals surface area contributed by atoms with E-state index in [1.165, 1.54) is 17.4 Å². The maximum Gasteiger partial charge on any atom is 0.262 e. The van der Waals surface area contributed by atoms with Gasteiger partial charge in [0.2, 0.25) is 5.91 Å². The second-order valence-electron chi connectivity index (χ2n) is 10.8. The molecule has 11 heteroatoms. The van der Waals surface area contributed by atoms with Crippen LogP contribution in [0.4, 0.5) is 5.69 Å². The van der Waals surface area contributed by atoms with Crippen LogP contribution in [0.3, 0.4) is 0 Å². The molecule has 1 aromatic heterocycles. The Balaban J connectivity index is 1.39. The Morgan fingerprint density at radius 2 is 1.86 bits per heavy atom. The Labute approximate surface area is 257 Å². The summed E-state index contributed by atoms with van der Waals surface area (Å²) in [6, 6.07) is 16.1. The summed E-state index contributed by atoms with van der Waals surface area (Å²) >= 11 is 7.93. The van der Waals surface area contributed by atoms with Crippen LogP contribution < -0.4 is 27.3 Å². The highest BCUT2D eigenvalue weighted by molar-refractivity contribution is 7.21. The minimum Gasteiger partial charge on any atom is -0.457 e. The van der Waals surface area contributed by atoms with Crippen molar-refractivity contribution in [1.29, 1.82) is 0 Å². The van der Waals surface area contributed by atoms with Crippen LogP contribution in [0.15, 0.2) is 73.3 Å². The highest BCUT2D eigenvalue weighted by atomic mass is 35.5. The molecule has 43 heavy (non-hydrogen) atoms. The summed E-state index contributed by atoms with van der Waals surface area (Å²) in [4.78, 5) is 41.9. The molecule has 3 aromatic carbocycles. The molecule has 1 saturated heterocycles. The number of hydrogen-bond acceptors (Lipinski definition) is 8. The van der Waals surface area contributed by atoms with E-state index >= 15 is 0 Å². The van der Waals surface area contributed by atoms with Gasteiger partial charge in [0, 0.05) is 41.3 Å². The second kappa shape index (κ2) is 11.1. The Hall–Kier alpha value is -4.22. The maximum atomic E-state index is 14.1. The number of amides is 2. The van der Waals surface area contributed by atoms with Crippen molar-refractivity contribution in [2.24, 2.45) is 11.5 Å². The van der Waals surface area contributed by atoms with Crippen LogP contribution in [0.2, 0.25) is 5.02 Å². The summed E-state index contributed by atoms with van der Waals surface area (Å²) in [5.74, 6) is 0.0420. The quantitative estimate of drug-likeness (QED) is 0.182. The molecule has 3 unspecified atom stereocenters. The van der Waals surface area contributed by atoms with Gasteiger partial charge in [0.05, 0.1) is 20.6 Å². The number of carbonyl (C=O) groups is 3. The van der Waals surface area contributed by atoms with Crippen molar-refractivity contribution in [3.05, 3.63) is 99.9 Å². The topological polar surface area (TPSA) is 154 Å². The lowest BCUT2D eigenvalue weighted by atomic mass is 9.70. The zero-order valence-electron chi connectivity index (χ0n) is 23.1. The third-order valence-electron chi connectivity index (χ3n) is 8.11. The summed E-state index contributed by atoms with van der Waals surface area (Å²) in [5.41, 5.74) is 19.9. The molecule has 9 nitrogen and oxygen atoms in total. The second-order valence-corrected chi connectivity index (χ2v) is 12.2. The van der Waals surface area contributed by atoms with E-state index in [0.29, 0.717) is 68.4 Å². The number of benzene rings is 3. The highest BCUT2D eigenvalue weighted by Gasteiger charge is 2.49.